The molecule has 15 heavy (non-hydrogen) atoms. The molecule has 0 radical (unpaired) electrons. The Bertz CT molecular complexity index is 493. The monoisotopic (exact) mass is 243 g/mol. The molecule has 2 aromatic rings. The maximum Gasteiger partial charge on any atom is 0.347 e. The van der Waals surface area contributed by atoms with Crippen molar-refractivity contribution in [3.63, 3.8) is 0 Å². The highest BCUT2D eigenvalue weighted by atomic mass is 32.2. The molecule has 0 saturated carbocycles. The number of thiazole rings is 1. The molecule has 0 atom stereocenters. The summed E-state index contributed by atoms with van der Waals surface area (Å²) in [6.45, 7) is 0. The molecule has 0 unspecified atom stereocenters. The number of tetrazole rings is 1. The van der Waals surface area contributed by atoms with E-state index in [-0.39, 0.29) is 4.88 Å². The summed E-state index contributed by atoms with van der Waals surface area (Å²) in [5, 5.41) is 20.5. The quantitative estimate of drug-likeness (QED) is 0.839. The first-order valence-electron chi connectivity index (χ1n) is 3.76. The molecule has 0 amide bonds. The molecule has 0 saturated heterocycles. The molecule has 2 rings (SSSR count). The second-order valence-electron chi connectivity index (χ2n) is 2.46. The van der Waals surface area contributed by atoms with E-state index >= 15 is 0 Å². The SMILES string of the molecule is Cn1nnc(Sc2ncc(C(=O)O)s2)n1. The van der Waals surface area contributed by atoms with Crippen LogP contribution in [0.25, 0.3) is 0 Å². The fourth-order valence-corrected chi connectivity index (χ4v) is 2.43. The summed E-state index contributed by atoms with van der Waals surface area (Å²) >= 11 is 2.27. The van der Waals surface area contributed by atoms with Crippen LogP contribution in [0.4, 0.5) is 0 Å². The first-order valence-corrected chi connectivity index (χ1v) is 5.39. The Hall–Kier alpha value is -1.48. The van der Waals surface area contributed by atoms with E-state index in [2.05, 4.69) is 20.4 Å². The zero-order chi connectivity index (χ0) is 10.8. The van der Waals surface area contributed by atoms with Crippen molar-refractivity contribution in [2.45, 2.75) is 9.50 Å². The summed E-state index contributed by atoms with van der Waals surface area (Å²) in [6, 6.07) is 0. The lowest BCUT2D eigenvalue weighted by atomic mass is 10.6. The van der Waals surface area contributed by atoms with Crippen molar-refractivity contribution in [1.29, 1.82) is 0 Å². The summed E-state index contributed by atoms with van der Waals surface area (Å²) in [4.78, 5) is 16.0. The minimum absolute atomic E-state index is 0.196. The van der Waals surface area contributed by atoms with E-state index < -0.39 is 5.97 Å². The predicted molar refractivity (Wildman–Crippen MR) is 52.0 cm³/mol. The Morgan fingerprint density at radius 1 is 1.67 bits per heavy atom. The van der Waals surface area contributed by atoms with Crippen molar-refractivity contribution >= 4 is 29.1 Å². The van der Waals surface area contributed by atoms with Crippen LogP contribution in [-0.4, -0.2) is 36.3 Å². The standard InChI is InChI=1S/C6H5N5O2S2/c1-11-9-5(8-10-11)15-6-7-2-3(14-6)4(12)13/h2H,1H3,(H,12,13). The van der Waals surface area contributed by atoms with E-state index in [1.54, 1.807) is 7.05 Å². The van der Waals surface area contributed by atoms with E-state index in [4.69, 9.17) is 5.11 Å². The van der Waals surface area contributed by atoms with E-state index in [0.29, 0.717) is 9.50 Å². The smallest absolute Gasteiger partial charge is 0.347 e. The number of hydrogen-bond acceptors (Lipinski definition) is 7. The number of rotatable bonds is 3. The molecule has 78 valence electrons. The number of aromatic nitrogens is 5. The van der Waals surface area contributed by atoms with Gasteiger partial charge in [0.15, 0.2) is 4.34 Å². The van der Waals surface area contributed by atoms with Gasteiger partial charge in [-0.15, -0.1) is 21.5 Å². The van der Waals surface area contributed by atoms with E-state index in [9.17, 15) is 4.79 Å². The first kappa shape index (κ1) is 10.1. The van der Waals surface area contributed by atoms with Gasteiger partial charge in [-0.2, -0.15) is 4.80 Å². The fraction of sp³-hybridized carbons (Fsp3) is 0.167. The molecule has 2 heterocycles. The third kappa shape index (κ3) is 2.30. The summed E-state index contributed by atoms with van der Waals surface area (Å²) in [5.74, 6) is -0.980. The Morgan fingerprint density at radius 3 is 3.00 bits per heavy atom. The number of carbonyl (C=O) groups is 1. The van der Waals surface area contributed by atoms with Gasteiger partial charge in [0.25, 0.3) is 0 Å². The van der Waals surface area contributed by atoms with Crippen LogP contribution in [0.15, 0.2) is 15.7 Å². The van der Waals surface area contributed by atoms with Gasteiger partial charge in [0.2, 0.25) is 5.16 Å². The number of aromatic carboxylic acids is 1. The second kappa shape index (κ2) is 3.95. The van der Waals surface area contributed by atoms with Crippen LogP contribution in [0.3, 0.4) is 0 Å². The Morgan fingerprint density at radius 2 is 2.47 bits per heavy atom. The Labute approximate surface area is 92.1 Å². The third-order valence-corrected chi connectivity index (χ3v) is 3.27. The van der Waals surface area contributed by atoms with Crippen molar-refractivity contribution in [3.8, 4) is 0 Å². The summed E-state index contributed by atoms with van der Waals surface area (Å²) in [5.41, 5.74) is 0. The normalized spacial score (nSPS) is 10.5. The van der Waals surface area contributed by atoms with Gasteiger partial charge < -0.3 is 5.11 Å². The summed E-state index contributed by atoms with van der Waals surface area (Å²) in [6.07, 6.45) is 1.31. The molecular weight excluding hydrogens is 238 g/mol. The highest BCUT2D eigenvalue weighted by molar-refractivity contribution is 8.00. The van der Waals surface area contributed by atoms with E-state index in [1.165, 1.54) is 22.8 Å². The number of carboxylic acids is 1. The second-order valence-corrected chi connectivity index (χ2v) is 4.70. The van der Waals surface area contributed by atoms with Gasteiger partial charge in [0, 0.05) is 0 Å². The van der Waals surface area contributed by atoms with Crippen LogP contribution in [0.5, 0.6) is 0 Å². The molecule has 1 N–H and O–H groups in total. The Balaban J connectivity index is 2.14. The predicted octanol–water partition coefficient (Wildman–Crippen LogP) is 0.516. The van der Waals surface area contributed by atoms with Gasteiger partial charge in [0.1, 0.15) is 4.88 Å². The van der Waals surface area contributed by atoms with Crippen LogP contribution < -0.4 is 0 Å². The molecule has 2 aromatic heterocycles. The van der Waals surface area contributed by atoms with Gasteiger partial charge >= 0.3 is 5.97 Å². The minimum Gasteiger partial charge on any atom is -0.477 e. The summed E-state index contributed by atoms with van der Waals surface area (Å²) in [7, 11) is 1.65. The van der Waals surface area contributed by atoms with Crippen molar-refractivity contribution in [2.75, 3.05) is 0 Å². The first-order chi connectivity index (χ1) is 7.15. The van der Waals surface area contributed by atoms with Gasteiger partial charge in [0.05, 0.1) is 13.2 Å². The molecule has 7 nitrogen and oxygen atoms in total. The van der Waals surface area contributed by atoms with Crippen molar-refractivity contribution in [3.05, 3.63) is 11.1 Å². The molecule has 0 aromatic carbocycles. The van der Waals surface area contributed by atoms with Gasteiger partial charge in [-0.25, -0.2) is 9.78 Å². The zero-order valence-corrected chi connectivity index (χ0v) is 9.12. The molecule has 0 aliphatic rings. The van der Waals surface area contributed by atoms with Gasteiger partial charge in [-0.05, 0) is 17.0 Å². The molecular formula is C6H5N5O2S2. The number of nitrogens with zero attached hydrogens (tertiary/aromatic N) is 5. The topological polar surface area (TPSA) is 93.8 Å². The molecule has 0 bridgehead atoms. The highest BCUT2D eigenvalue weighted by Crippen LogP contribution is 2.28. The van der Waals surface area contributed by atoms with Crippen molar-refractivity contribution in [1.82, 2.24) is 25.2 Å². The maximum absolute atomic E-state index is 10.6. The average molecular weight is 243 g/mol. The van der Waals surface area contributed by atoms with Gasteiger partial charge in [-0.3, -0.25) is 0 Å². The van der Waals surface area contributed by atoms with Crippen LogP contribution in [0, 0.1) is 0 Å². The van der Waals surface area contributed by atoms with Crippen LogP contribution in [0.1, 0.15) is 9.67 Å². The summed E-state index contributed by atoms with van der Waals surface area (Å²) < 4.78 is 0.584. The zero-order valence-electron chi connectivity index (χ0n) is 7.49. The third-order valence-electron chi connectivity index (χ3n) is 1.36. The number of carboxylic acid groups (broad SMARTS) is 1. The Kier molecular flexibility index (Phi) is 2.64. The lowest BCUT2D eigenvalue weighted by Gasteiger charge is -1.86. The van der Waals surface area contributed by atoms with E-state index in [0.717, 1.165) is 11.3 Å². The highest BCUT2D eigenvalue weighted by Gasteiger charge is 2.11. The number of hydrogen-bond donors (Lipinski definition) is 1. The van der Waals surface area contributed by atoms with Crippen molar-refractivity contribution < 1.29 is 9.90 Å². The lowest BCUT2D eigenvalue weighted by Crippen LogP contribution is -1.91. The maximum atomic E-state index is 10.6. The fourth-order valence-electron chi connectivity index (χ4n) is 0.790. The van der Waals surface area contributed by atoms with E-state index in [1.807, 2.05) is 0 Å². The average Bonchev–Trinajstić information content (AvgIpc) is 2.76. The van der Waals surface area contributed by atoms with Crippen molar-refractivity contribution in [2.24, 2.45) is 7.05 Å². The lowest BCUT2D eigenvalue weighted by molar-refractivity contribution is 0.0702. The largest absolute Gasteiger partial charge is 0.477 e. The molecule has 9 heteroatoms. The van der Waals surface area contributed by atoms with Crippen LogP contribution in [-0.2, 0) is 7.05 Å². The molecule has 0 spiro atoms. The van der Waals surface area contributed by atoms with Crippen LogP contribution in [0.2, 0.25) is 0 Å². The minimum atomic E-state index is -0.980. The van der Waals surface area contributed by atoms with Gasteiger partial charge in [-0.1, -0.05) is 0 Å². The molecule has 0 aliphatic carbocycles. The molecule has 0 fully saturated rings. The number of aryl methyl sites for hydroxylation is 1. The molecule has 0 aliphatic heterocycles. The van der Waals surface area contributed by atoms with Crippen LogP contribution >= 0.6 is 23.1 Å².